The normalized spacial score (nSPS) is 11.2. The van der Waals surface area contributed by atoms with Crippen LogP contribution >= 0.6 is 23.2 Å². The molecule has 0 aromatic heterocycles. The fourth-order valence-electron chi connectivity index (χ4n) is 2.18. The zero-order chi connectivity index (χ0) is 19.3. The van der Waals surface area contributed by atoms with Gasteiger partial charge in [-0.15, -0.1) is 0 Å². The maximum absolute atomic E-state index is 12.5. The highest BCUT2D eigenvalue weighted by molar-refractivity contribution is 7.89. The van der Waals surface area contributed by atoms with E-state index in [0.29, 0.717) is 22.3 Å². The Morgan fingerprint density at radius 3 is 2.42 bits per heavy atom. The SMILES string of the molecule is CCNS(=O)(=O)c1cc(C(=O)Nc2ccc(Cl)c(Cl)c2)ccc1OCC. The van der Waals surface area contributed by atoms with Crippen molar-refractivity contribution in [3.05, 3.63) is 52.0 Å². The summed E-state index contributed by atoms with van der Waals surface area (Å²) >= 11 is 11.8. The summed E-state index contributed by atoms with van der Waals surface area (Å²) in [6, 6.07) is 8.87. The topological polar surface area (TPSA) is 84.5 Å². The van der Waals surface area contributed by atoms with E-state index < -0.39 is 15.9 Å². The Labute approximate surface area is 162 Å². The minimum absolute atomic E-state index is 0.0945. The van der Waals surface area contributed by atoms with E-state index in [9.17, 15) is 13.2 Å². The predicted molar refractivity (Wildman–Crippen MR) is 103 cm³/mol. The largest absolute Gasteiger partial charge is 0.492 e. The minimum Gasteiger partial charge on any atom is -0.492 e. The summed E-state index contributed by atoms with van der Waals surface area (Å²) in [5.74, 6) is -0.307. The van der Waals surface area contributed by atoms with Crippen LogP contribution in [0.5, 0.6) is 5.75 Å². The van der Waals surface area contributed by atoms with Crippen molar-refractivity contribution in [3.63, 3.8) is 0 Å². The predicted octanol–water partition coefficient (Wildman–Crippen LogP) is 3.94. The molecule has 0 aliphatic rings. The lowest BCUT2D eigenvalue weighted by Crippen LogP contribution is -2.24. The van der Waals surface area contributed by atoms with E-state index in [0.717, 1.165) is 0 Å². The van der Waals surface area contributed by atoms with Gasteiger partial charge in [-0.1, -0.05) is 30.1 Å². The van der Waals surface area contributed by atoms with Crippen molar-refractivity contribution < 1.29 is 17.9 Å². The highest BCUT2D eigenvalue weighted by atomic mass is 35.5. The van der Waals surface area contributed by atoms with Gasteiger partial charge in [-0.25, -0.2) is 13.1 Å². The monoisotopic (exact) mass is 416 g/mol. The lowest BCUT2D eigenvalue weighted by Gasteiger charge is -2.13. The van der Waals surface area contributed by atoms with Crippen molar-refractivity contribution in [2.75, 3.05) is 18.5 Å². The molecule has 2 N–H and O–H groups in total. The second-order valence-electron chi connectivity index (χ2n) is 5.18. The molecule has 0 heterocycles. The van der Waals surface area contributed by atoms with E-state index >= 15 is 0 Å². The third kappa shape index (κ3) is 4.88. The first-order valence-electron chi connectivity index (χ1n) is 7.81. The Kier molecular flexibility index (Phi) is 6.88. The van der Waals surface area contributed by atoms with Gasteiger partial charge in [-0.05, 0) is 43.3 Å². The number of sulfonamides is 1. The molecule has 0 atom stereocenters. The van der Waals surface area contributed by atoms with Gasteiger partial charge in [-0.3, -0.25) is 4.79 Å². The lowest BCUT2D eigenvalue weighted by atomic mass is 10.2. The number of carbonyl (C=O) groups is 1. The molecule has 2 rings (SSSR count). The molecular weight excluding hydrogens is 399 g/mol. The number of anilines is 1. The zero-order valence-electron chi connectivity index (χ0n) is 14.2. The zero-order valence-corrected chi connectivity index (χ0v) is 16.5. The molecule has 0 radical (unpaired) electrons. The van der Waals surface area contributed by atoms with Crippen LogP contribution in [0.3, 0.4) is 0 Å². The molecule has 140 valence electrons. The van der Waals surface area contributed by atoms with Crippen LogP contribution in [0.15, 0.2) is 41.3 Å². The van der Waals surface area contributed by atoms with Crippen molar-refractivity contribution in [1.82, 2.24) is 4.72 Å². The number of hydrogen-bond donors (Lipinski definition) is 2. The van der Waals surface area contributed by atoms with Crippen LogP contribution in [-0.4, -0.2) is 27.5 Å². The van der Waals surface area contributed by atoms with E-state index in [-0.39, 0.29) is 22.8 Å². The first-order valence-corrected chi connectivity index (χ1v) is 10.0. The van der Waals surface area contributed by atoms with Crippen LogP contribution in [0.25, 0.3) is 0 Å². The number of nitrogens with one attached hydrogen (secondary N) is 2. The molecule has 0 aliphatic heterocycles. The third-order valence-electron chi connectivity index (χ3n) is 3.31. The first kappa shape index (κ1) is 20.5. The van der Waals surface area contributed by atoms with Gasteiger partial charge >= 0.3 is 0 Å². The average molecular weight is 417 g/mol. The molecule has 2 aromatic rings. The molecule has 0 saturated carbocycles. The molecule has 1 amide bonds. The van der Waals surface area contributed by atoms with E-state index in [4.69, 9.17) is 27.9 Å². The van der Waals surface area contributed by atoms with Crippen molar-refractivity contribution in [3.8, 4) is 5.75 Å². The highest BCUT2D eigenvalue weighted by Crippen LogP contribution is 2.27. The maximum Gasteiger partial charge on any atom is 0.255 e. The maximum atomic E-state index is 12.5. The number of rotatable bonds is 7. The quantitative estimate of drug-likeness (QED) is 0.715. The van der Waals surface area contributed by atoms with Gasteiger partial charge in [0.1, 0.15) is 10.6 Å². The smallest absolute Gasteiger partial charge is 0.255 e. The number of benzene rings is 2. The van der Waals surface area contributed by atoms with Gasteiger partial charge in [-0.2, -0.15) is 0 Å². The van der Waals surface area contributed by atoms with Crippen LogP contribution < -0.4 is 14.8 Å². The van der Waals surface area contributed by atoms with Crippen LogP contribution in [0.2, 0.25) is 10.0 Å². The molecule has 26 heavy (non-hydrogen) atoms. The Hall–Kier alpha value is -1.80. The van der Waals surface area contributed by atoms with Crippen molar-refractivity contribution in [1.29, 1.82) is 0 Å². The van der Waals surface area contributed by atoms with Crippen LogP contribution in [0.1, 0.15) is 24.2 Å². The van der Waals surface area contributed by atoms with Crippen LogP contribution in [0, 0.1) is 0 Å². The molecule has 0 unspecified atom stereocenters. The van der Waals surface area contributed by atoms with Crippen molar-refractivity contribution >= 4 is 44.8 Å². The molecule has 0 spiro atoms. The summed E-state index contributed by atoms with van der Waals surface area (Å²) < 4.78 is 32.5. The molecule has 0 bridgehead atoms. The molecule has 9 heteroatoms. The number of hydrogen-bond acceptors (Lipinski definition) is 4. The standard InChI is InChI=1S/C17H18Cl2N2O4S/c1-3-20-26(23,24)16-9-11(5-8-15(16)25-4-2)17(22)21-12-6-7-13(18)14(19)10-12/h5-10,20H,3-4H2,1-2H3,(H,21,22). The van der Waals surface area contributed by atoms with Gasteiger partial charge in [0.2, 0.25) is 10.0 Å². The number of ether oxygens (including phenoxy) is 1. The summed E-state index contributed by atoms with van der Waals surface area (Å²) in [6.45, 7) is 3.92. The van der Waals surface area contributed by atoms with E-state index in [1.54, 1.807) is 26.0 Å². The third-order valence-corrected chi connectivity index (χ3v) is 5.61. The molecule has 2 aromatic carbocycles. The van der Waals surface area contributed by atoms with Crippen molar-refractivity contribution in [2.45, 2.75) is 18.7 Å². The van der Waals surface area contributed by atoms with Gasteiger partial charge < -0.3 is 10.1 Å². The summed E-state index contributed by atoms with van der Waals surface area (Å²) in [5, 5.41) is 3.31. The van der Waals surface area contributed by atoms with E-state index in [1.165, 1.54) is 24.3 Å². The Bertz CT molecular complexity index is 917. The Balaban J connectivity index is 2.36. The fourth-order valence-corrected chi connectivity index (χ4v) is 3.69. The second kappa shape index (κ2) is 8.73. The average Bonchev–Trinajstić information content (AvgIpc) is 2.58. The first-order chi connectivity index (χ1) is 12.3. The molecule has 0 aliphatic carbocycles. The summed E-state index contributed by atoms with van der Waals surface area (Å²) in [6.07, 6.45) is 0. The number of halogens is 2. The molecular formula is C17H18Cl2N2O4S. The fraction of sp³-hybridized carbons (Fsp3) is 0.235. The summed E-state index contributed by atoms with van der Waals surface area (Å²) in [5.41, 5.74) is 0.602. The second-order valence-corrected chi connectivity index (χ2v) is 7.73. The Morgan fingerprint density at radius 1 is 1.08 bits per heavy atom. The lowest BCUT2D eigenvalue weighted by molar-refractivity contribution is 0.102. The van der Waals surface area contributed by atoms with Gasteiger partial charge in [0.05, 0.1) is 16.7 Å². The number of amides is 1. The van der Waals surface area contributed by atoms with E-state index in [1.807, 2.05) is 0 Å². The summed E-state index contributed by atoms with van der Waals surface area (Å²) in [4.78, 5) is 12.4. The molecule has 0 saturated heterocycles. The molecule has 6 nitrogen and oxygen atoms in total. The molecule has 0 fully saturated rings. The van der Waals surface area contributed by atoms with Crippen molar-refractivity contribution in [2.24, 2.45) is 0 Å². The number of carbonyl (C=O) groups excluding carboxylic acids is 1. The van der Waals surface area contributed by atoms with Crippen LogP contribution in [0.4, 0.5) is 5.69 Å². The van der Waals surface area contributed by atoms with Gasteiger partial charge in [0, 0.05) is 17.8 Å². The van der Waals surface area contributed by atoms with E-state index in [2.05, 4.69) is 10.0 Å². The van der Waals surface area contributed by atoms with Gasteiger partial charge in [0.15, 0.2) is 0 Å². The van der Waals surface area contributed by atoms with Gasteiger partial charge in [0.25, 0.3) is 5.91 Å². The summed E-state index contributed by atoms with van der Waals surface area (Å²) in [7, 11) is -3.80. The minimum atomic E-state index is -3.80. The Morgan fingerprint density at radius 2 is 1.81 bits per heavy atom. The highest BCUT2D eigenvalue weighted by Gasteiger charge is 2.21. The van der Waals surface area contributed by atoms with Crippen LogP contribution in [-0.2, 0) is 10.0 Å².